The average Bonchev–Trinajstić information content (AvgIpc) is 2.70. The molecule has 94 valence electrons. The van der Waals surface area contributed by atoms with E-state index in [-0.39, 0.29) is 5.97 Å². The Balaban J connectivity index is 2.11. The van der Waals surface area contributed by atoms with Crippen LogP contribution in [-0.4, -0.2) is 36.1 Å². The summed E-state index contributed by atoms with van der Waals surface area (Å²) in [5.74, 6) is 0.161. The number of hydrogen-bond acceptors (Lipinski definition) is 4. The zero-order valence-corrected chi connectivity index (χ0v) is 11.3. The Labute approximate surface area is 108 Å². The number of ether oxygens (including phenoxy) is 2. The summed E-state index contributed by atoms with van der Waals surface area (Å²) in [6.07, 6.45) is 2.02. The number of rotatable bonds is 3. The molecule has 0 spiro atoms. The van der Waals surface area contributed by atoms with Crippen molar-refractivity contribution in [3.05, 3.63) is 16.4 Å². The lowest BCUT2D eigenvalue weighted by Crippen LogP contribution is -2.23. The number of aromatic nitrogens is 2. The Bertz CT molecular complexity index is 399. The average molecular weight is 303 g/mol. The number of halogens is 1. The fraction of sp³-hybridized carbons (Fsp3) is 0.636. The minimum Gasteiger partial charge on any atom is -0.464 e. The maximum Gasteiger partial charge on any atom is 0.356 e. The maximum atomic E-state index is 11.6. The van der Waals surface area contributed by atoms with Crippen molar-refractivity contribution in [2.75, 3.05) is 20.3 Å². The van der Waals surface area contributed by atoms with Crippen LogP contribution in [0.1, 0.15) is 23.3 Å². The molecule has 6 heteroatoms. The fourth-order valence-corrected chi connectivity index (χ4v) is 2.38. The molecule has 1 aromatic rings. The first-order chi connectivity index (χ1) is 8.20. The van der Waals surface area contributed by atoms with Gasteiger partial charge >= 0.3 is 5.97 Å². The molecule has 1 aromatic heterocycles. The molecule has 1 aliphatic rings. The van der Waals surface area contributed by atoms with Gasteiger partial charge in [-0.25, -0.2) is 4.79 Å². The second-order valence-electron chi connectivity index (χ2n) is 4.08. The topological polar surface area (TPSA) is 53.3 Å². The lowest BCUT2D eigenvalue weighted by Gasteiger charge is -2.22. The van der Waals surface area contributed by atoms with Gasteiger partial charge in [-0.3, -0.25) is 4.68 Å². The largest absolute Gasteiger partial charge is 0.464 e. The zero-order valence-electron chi connectivity index (χ0n) is 9.69. The molecule has 0 unspecified atom stereocenters. The van der Waals surface area contributed by atoms with E-state index in [1.54, 1.807) is 10.7 Å². The van der Waals surface area contributed by atoms with Crippen molar-refractivity contribution in [1.29, 1.82) is 0 Å². The third kappa shape index (κ3) is 3.07. The van der Waals surface area contributed by atoms with Gasteiger partial charge in [-0.15, -0.1) is 0 Å². The van der Waals surface area contributed by atoms with E-state index in [0.29, 0.717) is 16.2 Å². The third-order valence-corrected chi connectivity index (χ3v) is 3.30. The van der Waals surface area contributed by atoms with Gasteiger partial charge in [-0.2, -0.15) is 5.10 Å². The normalized spacial score (nSPS) is 17.1. The minimum absolute atomic E-state index is 0.352. The van der Waals surface area contributed by atoms with Crippen LogP contribution in [-0.2, 0) is 16.0 Å². The number of carbonyl (C=O) groups is 1. The number of esters is 1. The first-order valence-corrected chi connectivity index (χ1v) is 6.39. The monoisotopic (exact) mass is 302 g/mol. The molecule has 2 rings (SSSR count). The summed E-state index contributed by atoms with van der Waals surface area (Å²) >= 11 is 3.28. The van der Waals surface area contributed by atoms with Gasteiger partial charge in [-0.05, 0) is 34.7 Å². The molecular weight excluding hydrogens is 288 g/mol. The summed E-state index contributed by atoms with van der Waals surface area (Å²) in [4.78, 5) is 11.6. The summed E-state index contributed by atoms with van der Waals surface area (Å²) in [6.45, 7) is 2.32. The van der Waals surface area contributed by atoms with Crippen molar-refractivity contribution in [3.8, 4) is 0 Å². The molecule has 0 amide bonds. The third-order valence-electron chi connectivity index (χ3n) is 2.92. The second-order valence-corrected chi connectivity index (χ2v) is 4.89. The van der Waals surface area contributed by atoms with E-state index in [0.717, 1.165) is 32.6 Å². The Morgan fingerprint density at radius 1 is 1.65 bits per heavy atom. The second kappa shape index (κ2) is 5.64. The van der Waals surface area contributed by atoms with Crippen LogP contribution in [0.3, 0.4) is 0 Å². The molecule has 0 N–H and O–H groups in total. The fourth-order valence-electron chi connectivity index (χ4n) is 1.97. The van der Waals surface area contributed by atoms with Gasteiger partial charge in [0.2, 0.25) is 0 Å². The Morgan fingerprint density at radius 3 is 3.00 bits per heavy atom. The minimum atomic E-state index is -0.352. The summed E-state index contributed by atoms with van der Waals surface area (Å²) in [7, 11) is 1.38. The Morgan fingerprint density at radius 2 is 2.35 bits per heavy atom. The number of methoxy groups -OCH3 is 1. The van der Waals surface area contributed by atoms with Gasteiger partial charge in [-0.1, -0.05) is 0 Å². The summed E-state index contributed by atoms with van der Waals surface area (Å²) in [5, 5.41) is 4.27. The molecule has 17 heavy (non-hydrogen) atoms. The van der Waals surface area contributed by atoms with Gasteiger partial charge < -0.3 is 9.47 Å². The SMILES string of the molecule is COC(=O)c1cc(Br)nn1CC1CCOCC1. The van der Waals surface area contributed by atoms with E-state index < -0.39 is 0 Å². The van der Waals surface area contributed by atoms with Crippen LogP contribution in [0.5, 0.6) is 0 Å². The van der Waals surface area contributed by atoms with Gasteiger partial charge in [0, 0.05) is 25.8 Å². The molecule has 0 bridgehead atoms. The molecule has 0 radical (unpaired) electrons. The van der Waals surface area contributed by atoms with E-state index >= 15 is 0 Å². The standard InChI is InChI=1S/C11H15BrN2O3/c1-16-11(15)9-6-10(12)13-14(9)7-8-2-4-17-5-3-8/h6,8H,2-5,7H2,1H3. The van der Waals surface area contributed by atoms with Gasteiger partial charge in [0.25, 0.3) is 0 Å². The van der Waals surface area contributed by atoms with E-state index in [2.05, 4.69) is 21.0 Å². The van der Waals surface area contributed by atoms with Crippen molar-refractivity contribution >= 4 is 21.9 Å². The highest BCUT2D eigenvalue weighted by Crippen LogP contribution is 2.19. The number of carbonyl (C=O) groups excluding carboxylic acids is 1. The molecule has 0 atom stereocenters. The van der Waals surface area contributed by atoms with E-state index in [1.807, 2.05) is 0 Å². The van der Waals surface area contributed by atoms with Crippen molar-refractivity contribution < 1.29 is 14.3 Å². The predicted molar refractivity (Wildman–Crippen MR) is 64.8 cm³/mol. The van der Waals surface area contributed by atoms with Crippen LogP contribution in [0.2, 0.25) is 0 Å². The van der Waals surface area contributed by atoms with Gasteiger partial charge in [0.15, 0.2) is 0 Å². The Kier molecular flexibility index (Phi) is 4.17. The van der Waals surface area contributed by atoms with Gasteiger partial charge in [0.05, 0.1) is 7.11 Å². The highest BCUT2D eigenvalue weighted by Gasteiger charge is 2.20. The van der Waals surface area contributed by atoms with Crippen molar-refractivity contribution in [1.82, 2.24) is 9.78 Å². The number of hydrogen-bond donors (Lipinski definition) is 0. The first-order valence-electron chi connectivity index (χ1n) is 5.60. The summed E-state index contributed by atoms with van der Waals surface area (Å²) < 4.78 is 12.4. The lowest BCUT2D eigenvalue weighted by atomic mass is 10.0. The van der Waals surface area contributed by atoms with Crippen LogP contribution in [0.15, 0.2) is 10.7 Å². The predicted octanol–water partition coefficient (Wildman–Crippen LogP) is 1.86. The Hall–Kier alpha value is -0.880. The van der Waals surface area contributed by atoms with Crippen LogP contribution in [0, 0.1) is 5.92 Å². The summed E-state index contributed by atoms with van der Waals surface area (Å²) in [6, 6.07) is 1.69. The van der Waals surface area contributed by atoms with Gasteiger partial charge in [0.1, 0.15) is 10.3 Å². The van der Waals surface area contributed by atoms with Crippen molar-refractivity contribution in [3.63, 3.8) is 0 Å². The van der Waals surface area contributed by atoms with E-state index in [4.69, 9.17) is 9.47 Å². The lowest BCUT2D eigenvalue weighted by molar-refractivity contribution is 0.0545. The van der Waals surface area contributed by atoms with Crippen LogP contribution >= 0.6 is 15.9 Å². The molecule has 0 aromatic carbocycles. The molecule has 5 nitrogen and oxygen atoms in total. The quantitative estimate of drug-likeness (QED) is 0.800. The molecule has 1 saturated heterocycles. The molecule has 1 fully saturated rings. The van der Waals surface area contributed by atoms with E-state index in [1.165, 1.54) is 7.11 Å². The van der Waals surface area contributed by atoms with Crippen LogP contribution < -0.4 is 0 Å². The van der Waals surface area contributed by atoms with Crippen molar-refractivity contribution in [2.45, 2.75) is 19.4 Å². The van der Waals surface area contributed by atoms with Crippen molar-refractivity contribution in [2.24, 2.45) is 5.92 Å². The molecular formula is C11H15BrN2O3. The first kappa shape index (κ1) is 12.6. The molecule has 0 saturated carbocycles. The highest BCUT2D eigenvalue weighted by molar-refractivity contribution is 9.10. The number of nitrogens with zero attached hydrogens (tertiary/aromatic N) is 2. The molecule has 0 aliphatic carbocycles. The molecule has 2 heterocycles. The zero-order chi connectivity index (χ0) is 12.3. The highest BCUT2D eigenvalue weighted by atomic mass is 79.9. The maximum absolute atomic E-state index is 11.6. The van der Waals surface area contributed by atoms with Crippen LogP contribution in [0.4, 0.5) is 0 Å². The van der Waals surface area contributed by atoms with E-state index in [9.17, 15) is 4.79 Å². The molecule has 1 aliphatic heterocycles. The smallest absolute Gasteiger partial charge is 0.356 e. The van der Waals surface area contributed by atoms with Crippen LogP contribution in [0.25, 0.3) is 0 Å². The summed E-state index contributed by atoms with van der Waals surface area (Å²) in [5.41, 5.74) is 0.492.